The summed E-state index contributed by atoms with van der Waals surface area (Å²) in [6.45, 7) is 9.60. The maximum Gasteiger partial charge on any atom is 0.172 e. The van der Waals surface area contributed by atoms with E-state index in [1.165, 1.54) is 0 Å². The van der Waals surface area contributed by atoms with Crippen LogP contribution >= 0.6 is 0 Å². The molecule has 3 heteroatoms. The number of ether oxygens (including phenoxy) is 2. The topological polar surface area (TPSA) is 44.5 Å². The van der Waals surface area contributed by atoms with E-state index in [9.17, 15) is 0 Å². The van der Waals surface area contributed by atoms with E-state index < -0.39 is 0 Å². The molecule has 0 saturated heterocycles. The molecule has 14 heavy (non-hydrogen) atoms. The molecule has 0 amide bonds. The van der Waals surface area contributed by atoms with Crippen molar-refractivity contribution in [2.24, 2.45) is 11.7 Å². The minimum Gasteiger partial charge on any atom is -0.351 e. The highest BCUT2D eigenvalue weighted by Crippen LogP contribution is 2.13. The first-order valence-electron chi connectivity index (χ1n) is 5.64. The van der Waals surface area contributed by atoms with Crippen LogP contribution in [0.15, 0.2) is 0 Å². The zero-order valence-corrected chi connectivity index (χ0v) is 9.95. The Hall–Kier alpha value is -0.120. The Balaban J connectivity index is 3.92. The van der Waals surface area contributed by atoms with E-state index in [1.54, 1.807) is 0 Å². The van der Waals surface area contributed by atoms with Gasteiger partial charge in [-0.2, -0.15) is 0 Å². The average Bonchev–Trinajstić information content (AvgIpc) is 2.17. The van der Waals surface area contributed by atoms with Crippen molar-refractivity contribution < 1.29 is 9.47 Å². The van der Waals surface area contributed by atoms with Gasteiger partial charge >= 0.3 is 0 Å². The quantitative estimate of drug-likeness (QED) is 0.615. The van der Waals surface area contributed by atoms with Crippen molar-refractivity contribution >= 4 is 0 Å². The van der Waals surface area contributed by atoms with Crippen LogP contribution in [0.4, 0.5) is 0 Å². The van der Waals surface area contributed by atoms with Gasteiger partial charge in [0.2, 0.25) is 0 Å². The summed E-state index contributed by atoms with van der Waals surface area (Å²) in [6.07, 6.45) is 1.87. The largest absolute Gasteiger partial charge is 0.351 e. The predicted molar refractivity (Wildman–Crippen MR) is 59.1 cm³/mol. The highest BCUT2D eigenvalue weighted by Gasteiger charge is 2.19. The fourth-order valence-electron chi connectivity index (χ4n) is 1.37. The molecule has 0 rings (SSSR count). The van der Waals surface area contributed by atoms with Crippen molar-refractivity contribution in [1.82, 2.24) is 0 Å². The van der Waals surface area contributed by atoms with Crippen LogP contribution in [0.25, 0.3) is 0 Å². The highest BCUT2D eigenvalue weighted by atomic mass is 16.7. The molecule has 0 fully saturated rings. The van der Waals surface area contributed by atoms with Gasteiger partial charge in [0.1, 0.15) is 0 Å². The standard InChI is InChI=1S/C11H25NO2/c1-5-9(4)8-10(12)11(13-6-2)14-7-3/h9-11H,5-8,12H2,1-4H3. The molecule has 0 aromatic heterocycles. The fourth-order valence-corrected chi connectivity index (χ4v) is 1.37. The minimum absolute atomic E-state index is 0.00940. The Morgan fingerprint density at radius 1 is 1.07 bits per heavy atom. The molecule has 2 atom stereocenters. The van der Waals surface area contributed by atoms with Crippen LogP contribution in [0.1, 0.15) is 40.5 Å². The van der Waals surface area contributed by atoms with E-state index in [0.717, 1.165) is 12.8 Å². The molecule has 0 aliphatic carbocycles. The molecule has 0 aliphatic rings. The Kier molecular flexibility index (Phi) is 8.14. The second-order valence-electron chi connectivity index (χ2n) is 3.69. The second kappa shape index (κ2) is 8.21. The molecule has 0 radical (unpaired) electrons. The molecule has 86 valence electrons. The van der Waals surface area contributed by atoms with Crippen LogP contribution in [0.2, 0.25) is 0 Å². The van der Waals surface area contributed by atoms with E-state index in [1.807, 2.05) is 13.8 Å². The first-order chi connectivity index (χ1) is 6.65. The SMILES string of the molecule is CCOC(OCC)C(N)CC(C)CC. The number of nitrogens with two attached hydrogens (primary N) is 1. The normalized spacial score (nSPS) is 15.9. The lowest BCUT2D eigenvalue weighted by atomic mass is 9.99. The van der Waals surface area contributed by atoms with Gasteiger partial charge in [-0.05, 0) is 26.2 Å². The lowest BCUT2D eigenvalue weighted by Gasteiger charge is -2.25. The summed E-state index contributed by atoms with van der Waals surface area (Å²) >= 11 is 0. The average molecular weight is 203 g/mol. The molecule has 3 nitrogen and oxygen atoms in total. The third-order valence-electron chi connectivity index (χ3n) is 2.38. The van der Waals surface area contributed by atoms with Gasteiger partial charge in [0, 0.05) is 13.2 Å². The molecule has 2 N–H and O–H groups in total. The van der Waals surface area contributed by atoms with Crippen LogP contribution in [0, 0.1) is 5.92 Å². The molecule has 2 unspecified atom stereocenters. The maximum absolute atomic E-state index is 6.02. The lowest BCUT2D eigenvalue weighted by molar-refractivity contribution is -0.150. The minimum atomic E-state index is -0.237. The summed E-state index contributed by atoms with van der Waals surface area (Å²) < 4.78 is 10.9. The number of hydrogen-bond acceptors (Lipinski definition) is 3. The zero-order chi connectivity index (χ0) is 11.0. The molecule has 0 heterocycles. The monoisotopic (exact) mass is 203 g/mol. The summed E-state index contributed by atoms with van der Waals surface area (Å²) in [5, 5.41) is 0. The Morgan fingerprint density at radius 2 is 1.57 bits per heavy atom. The van der Waals surface area contributed by atoms with Crippen molar-refractivity contribution in [2.75, 3.05) is 13.2 Å². The van der Waals surface area contributed by atoms with Gasteiger partial charge in [0.15, 0.2) is 6.29 Å². The first-order valence-corrected chi connectivity index (χ1v) is 5.64. The Labute approximate surface area is 88.0 Å². The van der Waals surface area contributed by atoms with Gasteiger partial charge in [-0.25, -0.2) is 0 Å². The van der Waals surface area contributed by atoms with Crippen molar-refractivity contribution in [1.29, 1.82) is 0 Å². The van der Waals surface area contributed by atoms with Crippen molar-refractivity contribution in [2.45, 2.75) is 52.9 Å². The van der Waals surface area contributed by atoms with Crippen LogP contribution in [-0.4, -0.2) is 25.5 Å². The van der Waals surface area contributed by atoms with Crippen molar-refractivity contribution in [3.63, 3.8) is 0 Å². The maximum atomic E-state index is 6.02. The molecular weight excluding hydrogens is 178 g/mol. The summed E-state index contributed by atoms with van der Waals surface area (Å²) in [5.41, 5.74) is 6.02. The summed E-state index contributed by atoms with van der Waals surface area (Å²) in [4.78, 5) is 0. The van der Waals surface area contributed by atoms with Gasteiger partial charge in [0.25, 0.3) is 0 Å². The van der Waals surface area contributed by atoms with Crippen LogP contribution in [0.5, 0.6) is 0 Å². The van der Waals surface area contributed by atoms with Gasteiger partial charge in [-0.3, -0.25) is 0 Å². The van der Waals surface area contributed by atoms with E-state index >= 15 is 0 Å². The van der Waals surface area contributed by atoms with Gasteiger partial charge < -0.3 is 15.2 Å². The number of hydrogen-bond donors (Lipinski definition) is 1. The first kappa shape index (κ1) is 13.9. The molecule has 0 aliphatic heterocycles. The summed E-state index contributed by atoms with van der Waals surface area (Å²) in [7, 11) is 0. The predicted octanol–water partition coefficient (Wildman–Crippen LogP) is 2.15. The van der Waals surface area contributed by atoms with Crippen LogP contribution in [-0.2, 0) is 9.47 Å². The molecule has 0 saturated carbocycles. The molecule has 0 aromatic carbocycles. The Bertz CT molecular complexity index is 124. The lowest BCUT2D eigenvalue weighted by Crippen LogP contribution is -2.40. The molecule has 0 bridgehead atoms. The Morgan fingerprint density at radius 3 is 1.93 bits per heavy atom. The highest BCUT2D eigenvalue weighted by molar-refractivity contribution is 4.69. The number of rotatable bonds is 8. The van der Waals surface area contributed by atoms with Crippen molar-refractivity contribution in [3.8, 4) is 0 Å². The molecule has 0 spiro atoms. The fraction of sp³-hybridized carbons (Fsp3) is 1.00. The summed E-state index contributed by atoms with van der Waals surface area (Å²) in [5.74, 6) is 0.633. The third-order valence-corrected chi connectivity index (χ3v) is 2.38. The van der Waals surface area contributed by atoms with Crippen molar-refractivity contribution in [3.05, 3.63) is 0 Å². The van der Waals surface area contributed by atoms with Crippen LogP contribution < -0.4 is 5.73 Å². The second-order valence-corrected chi connectivity index (χ2v) is 3.69. The molecular formula is C11H25NO2. The van der Waals surface area contributed by atoms with E-state index in [0.29, 0.717) is 19.1 Å². The smallest absolute Gasteiger partial charge is 0.172 e. The zero-order valence-electron chi connectivity index (χ0n) is 9.95. The third kappa shape index (κ3) is 5.58. The van der Waals surface area contributed by atoms with Gasteiger partial charge in [0.05, 0.1) is 6.04 Å². The van der Waals surface area contributed by atoms with E-state index in [4.69, 9.17) is 15.2 Å². The van der Waals surface area contributed by atoms with Crippen LogP contribution in [0.3, 0.4) is 0 Å². The molecule has 0 aromatic rings. The van der Waals surface area contributed by atoms with Gasteiger partial charge in [-0.15, -0.1) is 0 Å². The van der Waals surface area contributed by atoms with E-state index in [-0.39, 0.29) is 12.3 Å². The van der Waals surface area contributed by atoms with E-state index in [2.05, 4.69) is 13.8 Å². The summed E-state index contributed by atoms with van der Waals surface area (Å²) in [6, 6.07) is -0.00940. The van der Waals surface area contributed by atoms with Gasteiger partial charge in [-0.1, -0.05) is 20.3 Å².